The highest BCUT2D eigenvalue weighted by Crippen LogP contribution is 2.16. The van der Waals surface area contributed by atoms with Crippen molar-refractivity contribution in [3.8, 4) is 0 Å². The fraction of sp³-hybridized carbons (Fsp3) is 0.0833. The lowest BCUT2D eigenvalue weighted by molar-refractivity contribution is 0.0986. The molecule has 0 aliphatic heterocycles. The predicted molar refractivity (Wildman–Crippen MR) is 71.9 cm³/mol. The molecular weight excluding hydrogens is 348 g/mol. The summed E-state index contributed by atoms with van der Waals surface area (Å²) in [6, 6.07) is 7.26. The van der Waals surface area contributed by atoms with Gasteiger partial charge in [-0.05, 0) is 56.1 Å². The highest BCUT2D eigenvalue weighted by Gasteiger charge is 2.12. The Balaban J connectivity index is 2.17. The molecule has 5 heteroatoms. The van der Waals surface area contributed by atoms with Crippen molar-refractivity contribution in [1.82, 2.24) is 9.97 Å². The fourth-order valence-electron chi connectivity index (χ4n) is 1.35. The summed E-state index contributed by atoms with van der Waals surface area (Å²) in [7, 11) is 0. The summed E-state index contributed by atoms with van der Waals surface area (Å²) >= 11 is 6.61. The Bertz CT molecular complexity index is 540. The number of hydrogen-bond donors (Lipinski definition) is 0. The third kappa shape index (κ3) is 3.20. The Morgan fingerprint density at radius 2 is 2.00 bits per heavy atom. The maximum Gasteiger partial charge on any atom is 0.188 e. The molecular formula is C12H8Br2N2O. The summed E-state index contributed by atoms with van der Waals surface area (Å²) in [6.45, 7) is 0. The van der Waals surface area contributed by atoms with E-state index >= 15 is 0 Å². The minimum absolute atomic E-state index is 0.0488. The van der Waals surface area contributed by atoms with Gasteiger partial charge in [0.15, 0.2) is 5.78 Å². The van der Waals surface area contributed by atoms with E-state index in [1.165, 1.54) is 0 Å². The monoisotopic (exact) mass is 354 g/mol. The molecule has 0 unspecified atom stereocenters. The minimum atomic E-state index is -0.0488. The molecule has 0 saturated carbocycles. The summed E-state index contributed by atoms with van der Waals surface area (Å²) < 4.78 is 1.61. The van der Waals surface area contributed by atoms with Crippen LogP contribution in [-0.4, -0.2) is 15.8 Å². The van der Waals surface area contributed by atoms with E-state index in [2.05, 4.69) is 41.8 Å². The maximum absolute atomic E-state index is 12.0. The Labute approximate surface area is 116 Å². The van der Waals surface area contributed by atoms with Gasteiger partial charge in [0.25, 0.3) is 0 Å². The van der Waals surface area contributed by atoms with E-state index < -0.39 is 0 Å². The first kappa shape index (κ1) is 12.4. The molecule has 0 aliphatic carbocycles. The smallest absolute Gasteiger partial charge is 0.188 e. The molecule has 17 heavy (non-hydrogen) atoms. The van der Waals surface area contributed by atoms with Gasteiger partial charge in [-0.25, -0.2) is 0 Å². The van der Waals surface area contributed by atoms with Crippen LogP contribution < -0.4 is 0 Å². The number of hydrogen-bond acceptors (Lipinski definition) is 3. The van der Waals surface area contributed by atoms with Crippen LogP contribution in [0.5, 0.6) is 0 Å². The number of ketones is 1. The van der Waals surface area contributed by atoms with Crippen molar-refractivity contribution >= 4 is 37.6 Å². The normalized spacial score (nSPS) is 10.2. The van der Waals surface area contributed by atoms with Gasteiger partial charge in [-0.2, -0.15) is 0 Å². The van der Waals surface area contributed by atoms with Crippen LogP contribution in [0, 0.1) is 0 Å². The zero-order valence-corrected chi connectivity index (χ0v) is 11.9. The fourth-order valence-corrected chi connectivity index (χ4v) is 2.06. The Morgan fingerprint density at radius 1 is 1.18 bits per heavy atom. The first-order valence-electron chi connectivity index (χ1n) is 4.91. The highest BCUT2D eigenvalue weighted by atomic mass is 79.9. The molecule has 0 bridgehead atoms. The Kier molecular flexibility index (Phi) is 4.02. The molecule has 2 rings (SSSR count). The summed E-state index contributed by atoms with van der Waals surface area (Å²) in [6.07, 6.45) is 3.53. The quantitative estimate of drug-likeness (QED) is 0.792. The zero-order valence-electron chi connectivity index (χ0n) is 8.73. The molecule has 0 aliphatic rings. The second-order valence-electron chi connectivity index (χ2n) is 3.40. The molecule has 0 aromatic carbocycles. The van der Waals surface area contributed by atoms with Gasteiger partial charge in [-0.1, -0.05) is 0 Å². The van der Waals surface area contributed by atoms with Gasteiger partial charge < -0.3 is 0 Å². The molecule has 2 aromatic heterocycles. The molecule has 2 heterocycles. The Morgan fingerprint density at radius 3 is 2.65 bits per heavy atom. The van der Waals surface area contributed by atoms with Gasteiger partial charge in [-0.15, -0.1) is 0 Å². The van der Waals surface area contributed by atoms with Crippen molar-refractivity contribution in [2.24, 2.45) is 0 Å². The van der Waals surface area contributed by atoms with Crippen LogP contribution in [0.1, 0.15) is 16.2 Å². The number of carbonyl (C=O) groups is 1. The Hall–Kier alpha value is -1.07. The van der Waals surface area contributed by atoms with Crippen LogP contribution in [0.25, 0.3) is 0 Å². The van der Waals surface area contributed by atoms with Crippen LogP contribution in [0.4, 0.5) is 0 Å². The summed E-state index contributed by atoms with van der Waals surface area (Å²) in [5.74, 6) is -0.0488. The van der Waals surface area contributed by atoms with E-state index in [-0.39, 0.29) is 12.2 Å². The zero-order chi connectivity index (χ0) is 12.3. The van der Waals surface area contributed by atoms with Crippen molar-refractivity contribution in [1.29, 1.82) is 0 Å². The topological polar surface area (TPSA) is 42.9 Å². The molecule has 3 nitrogen and oxygen atoms in total. The number of carbonyl (C=O) groups excluding carboxylic acids is 1. The summed E-state index contributed by atoms with van der Waals surface area (Å²) in [5.41, 5.74) is 1.17. The van der Waals surface area contributed by atoms with Crippen LogP contribution >= 0.6 is 31.9 Å². The van der Waals surface area contributed by atoms with Gasteiger partial charge in [0, 0.05) is 27.0 Å². The number of rotatable bonds is 3. The molecule has 0 fully saturated rings. The molecule has 86 valence electrons. The van der Waals surface area contributed by atoms with Gasteiger partial charge in [0.2, 0.25) is 0 Å². The van der Waals surface area contributed by atoms with Crippen molar-refractivity contribution in [3.63, 3.8) is 0 Å². The molecule has 0 radical (unpaired) electrons. The van der Waals surface area contributed by atoms with Crippen molar-refractivity contribution in [2.75, 3.05) is 0 Å². The number of aromatic nitrogens is 2. The lowest BCUT2D eigenvalue weighted by Gasteiger charge is -2.02. The third-order valence-corrected chi connectivity index (χ3v) is 3.26. The molecule has 0 saturated heterocycles. The SMILES string of the molecule is O=C(Cc1ccc(Br)cn1)c1ncccc1Br. The lowest BCUT2D eigenvalue weighted by Crippen LogP contribution is -2.07. The number of nitrogens with zero attached hydrogens (tertiary/aromatic N) is 2. The van der Waals surface area contributed by atoms with E-state index in [0.29, 0.717) is 10.2 Å². The molecule has 0 spiro atoms. The average molecular weight is 356 g/mol. The third-order valence-electron chi connectivity index (χ3n) is 2.15. The van der Waals surface area contributed by atoms with E-state index in [1.54, 1.807) is 24.5 Å². The van der Waals surface area contributed by atoms with Crippen LogP contribution in [0.2, 0.25) is 0 Å². The van der Waals surface area contributed by atoms with Gasteiger partial charge in [0.05, 0.1) is 6.42 Å². The number of Topliss-reactive ketones (excluding diaryl/α,β-unsaturated/α-hetero) is 1. The van der Waals surface area contributed by atoms with Crippen molar-refractivity contribution in [2.45, 2.75) is 6.42 Å². The standard InChI is InChI=1S/C12H8Br2N2O/c13-8-3-4-9(16-7-8)6-11(17)12-10(14)2-1-5-15-12/h1-5,7H,6H2. The first-order valence-corrected chi connectivity index (χ1v) is 6.49. The van der Waals surface area contributed by atoms with Gasteiger partial charge in [-0.3, -0.25) is 14.8 Å². The summed E-state index contributed by atoms with van der Waals surface area (Å²) in [5, 5.41) is 0. The van der Waals surface area contributed by atoms with E-state index in [0.717, 1.165) is 10.2 Å². The molecule has 2 aromatic rings. The van der Waals surface area contributed by atoms with E-state index in [1.807, 2.05) is 12.1 Å². The first-order chi connectivity index (χ1) is 8.16. The van der Waals surface area contributed by atoms with Crippen molar-refractivity contribution in [3.05, 3.63) is 57.0 Å². The van der Waals surface area contributed by atoms with Gasteiger partial charge in [0.1, 0.15) is 5.69 Å². The second kappa shape index (κ2) is 5.51. The number of halogens is 2. The van der Waals surface area contributed by atoms with E-state index in [9.17, 15) is 4.79 Å². The van der Waals surface area contributed by atoms with Crippen LogP contribution in [-0.2, 0) is 6.42 Å². The van der Waals surface area contributed by atoms with Gasteiger partial charge >= 0.3 is 0 Å². The van der Waals surface area contributed by atoms with Crippen LogP contribution in [0.3, 0.4) is 0 Å². The van der Waals surface area contributed by atoms with E-state index in [4.69, 9.17) is 0 Å². The predicted octanol–water partition coefficient (Wildman–Crippen LogP) is 3.43. The largest absolute Gasteiger partial charge is 0.292 e. The minimum Gasteiger partial charge on any atom is -0.292 e. The molecule has 0 amide bonds. The highest BCUT2D eigenvalue weighted by molar-refractivity contribution is 9.10. The lowest BCUT2D eigenvalue weighted by atomic mass is 10.1. The molecule has 0 atom stereocenters. The maximum atomic E-state index is 12.0. The summed E-state index contributed by atoms with van der Waals surface area (Å²) in [4.78, 5) is 20.2. The van der Waals surface area contributed by atoms with Crippen LogP contribution in [0.15, 0.2) is 45.6 Å². The number of pyridine rings is 2. The molecule has 0 N–H and O–H groups in total. The second-order valence-corrected chi connectivity index (χ2v) is 5.17. The average Bonchev–Trinajstić information content (AvgIpc) is 2.32. The van der Waals surface area contributed by atoms with Crippen molar-refractivity contribution < 1.29 is 4.79 Å².